The molecule has 0 amide bonds. The van der Waals surface area contributed by atoms with Gasteiger partial charge in [0.25, 0.3) is 5.89 Å². The first kappa shape index (κ1) is 15.3. The zero-order valence-corrected chi connectivity index (χ0v) is 14.9. The van der Waals surface area contributed by atoms with E-state index in [0.29, 0.717) is 24.4 Å². The van der Waals surface area contributed by atoms with Crippen LogP contribution in [-0.4, -0.2) is 20.0 Å². The Morgan fingerprint density at radius 2 is 2.20 bits per heavy atom. The van der Waals surface area contributed by atoms with Crippen LogP contribution in [0.25, 0.3) is 10.8 Å². The molecule has 0 saturated heterocycles. The number of hydrogen-bond donors (Lipinski definition) is 1. The van der Waals surface area contributed by atoms with Gasteiger partial charge in [-0.1, -0.05) is 0 Å². The third-order valence-corrected chi connectivity index (χ3v) is 6.37. The Balaban J connectivity index is 1.28. The summed E-state index contributed by atoms with van der Waals surface area (Å²) >= 11 is 1.81. The molecule has 25 heavy (non-hydrogen) atoms. The summed E-state index contributed by atoms with van der Waals surface area (Å²) in [6, 6.07) is 4.64. The van der Waals surface area contributed by atoms with Crippen molar-refractivity contribution in [2.24, 2.45) is 0 Å². The maximum Gasteiger partial charge on any atom is 0.257 e. The molecule has 0 fully saturated rings. The molecular weight excluding hydrogens is 334 g/mol. The zero-order valence-electron chi connectivity index (χ0n) is 14.1. The van der Waals surface area contributed by atoms with Crippen LogP contribution >= 0.6 is 11.3 Å². The molecule has 6 nitrogen and oxygen atoms in total. The highest BCUT2D eigenvalue weighted by molar-refractivity contribution is 7.15. The molecule has 1 N–H and O–H groups in total. The molecule has 130 valence electrons. The molecule has 1 atom stereocenters. The van der Waals surface area contributed by atoms with Gasteiger partial charge in [0.05, 0.1) is 17.1 Å². The summed E-state index contributed by atoms with van der Waals surface area (Å²) in [5.74, 6) is 1.31. The molecule has 0 radical (unpaired) electrons. The van der Waals surface area contributed by atoms with Crippen LogP contribution in [0.4, 0.5) is 0 Å². The van der Waals surface area contributed by atoms with Crippen LogP contribution in [0, 0.1) is 0 Å². The summed E-state index contributed by atoms with van der Waals surface area (Å²) in [6.07, 6.45) is 9.09. The lowest BCUT2D eigenvalue weighted by Crippen LogP contribution is -2.27. The standard InChI is InChI=1S/C18H21N5OS/c1-2-6-15-12(4-1)10-16(25-15)18-22-21-17(24-18)11-19-13-5-3-9-23-14(13)7-8-20-23/h7-8,10,13,19H,1-6,9,11H2. The van der Waals surface area contributed by atoms with Crippen LogP contribution in [0.15, 0.2) is 22.7 Å². The number of nitrogens with zero attached hydrogens (tertiary/aromatic N) is 4. The molecule has 4 heterocycles. The quantitative estimate of drug-likeness (QED) is 0.776. The highest BCUT2D eigenvalue weighted by Gasteiger charge is 2.22. The Morgan fingerprint density at radius 1 is 1.24 bits per heavy atom. The lowest BCUT2D eigenvalue weighted by Gasteiger charge is -2.24. The molecule has 0 saturated carbocycles. The Labute approximate surface area is 150 Å². The monoisotopic (exact) mass is 355 g/mol. The molecule has 2 aliphatic rings. The normalized spacial score (nSPS) is 19.6. The maximum absolute atomic E-state index is 5.91. The third kappa shape index (κ3) is 2.91. The first-order valence-corrected chi connectivity index (χ1v) is 9.88. The molecule has 0 bridgehead atoms. The largest absolute Gasteiger partial charge is 0.419 e. The predicted molar refractivity (Wildman–Crippen MR) is 95.3 cm³/mol. The molecular formula is C18H21N5OS. The molecule has 1 aliphatic heterocycles. The molecule has 7 heteroatoms. The minimum absolute atomic E-state index is 0.306. The van der Waals surface area contributed by atoms with Gasteiger partial charge >= 0.3 is 0 Å². The molecule has 0 aromatic carbocycles. The van der Waals surface area contributed by atoms with Gasteiger partial charge in [0.15, 0.2) is 0 Å². The lowest BCUT2D eigenvalue weighted by molar-refractivity contribution is 0.358. The number of aromatic nitrogens is 4. The fourth-order valence-corrected chi connectivity index (χ4v) is 5.03. The van der Waals surface area contributed by atoms with Gasteiger partial charge in [-0.3, -0.25) is 4.68 Å². The minimum Gasteiger partial charge on any atom is -0.419 e. The lowest BCUT2D eigenvalue weighted by atomic mass is 9.99. The first-order valence-electron chi connectivity index (χ1n) is 9.06. The Hall–Kier alpha value is -1.99. The van der Waals surface area contributed by atoms with Crippen LogP contribution in [-0.2, 0) is 25.9 Å². The van der Waals surface area contributed by atoms with E-state index in [4.69, 9.17) is 4.42 Å². The van der Waals surface area contributed by atoms with E-state index < -0.39 is 0 Å². The first-order chi connectivity index (χ1) is 12.4. The van der Waals surface area contributed by atoms with Gasteiger partial charge in [-0.25, -0.2) is 0 Å². The predicted octanol–water partition coefficient (Wildman–Crippen LogP) is 3.50. The highest BCUT2D eigenvalue weighted by atomic mass is 32.1. The SMILES string of the molecule is c1cc2n(n1)CCCC2NCc1nnc(-c2cc3c(s2)CCCC3)o1. The van der Waals surface area contributed by atoms with Crippen LogP contribution in [0.3, 0.4) is 0 Å². The molecule has 3 aromatic heterocycles. The molecule has 5 rings (SSSR count). The Bertz CT molecular complexity index is 856. The van der Waals surface area contributed by atoms with Crippen molar-refractivity contribution in [3.05, 3.63) is 40.4 Å². The van der Waals surface area contributed by atoms with Gasteiger partial charge in [-0.15, -0.1) is 21.5 Å². The van der Waals surface area contributed by atoms with Crippen molar-refractivity contribution in [2.45, 2.75) is 57.7 Å². The van der Waals surface area contributed by atoms with Crippen molar-refractivity contribution < 1.29 is 4.42 Å². The second-order valence-electron chi connectivity index (χ2n) is 6.82. The van der Waals surface area contributed by atoms with Crippen LogP contribution in [0.1, 0.15) is 53.8 Å². The molecule has 3 aromatic rings. The van der Waals surface area contributed by atoms with Crippen molar-refractivity contribution in [2.75, 3.05) is 0 Å². The number of fused-ring (bicyclic) bond motifs is 2. The number of nitrogens with one attached hydrogen (secondary N) is 1. The summed E-state index contributed by atoms with van der Waals surface area (Å²) < 4.78 is 7.99. The zero-order chi connectivity index (χ0) is 16.6. The summed E-state index contributed by atoms with van der Waals surface area (Å²) in [6.45, 7) is 1.60. The smallest absolute Gasteiger partial charge is 0.257 e. The van der Waals surface area contributed by atoms with Crippen molar-refractivity contribution >= 4 is 11.3 Å². The van der Waals surface area contributed by atoms with Crippen molar-refractivity contribution in [1.29, 1.82) is 0 Å². The fourth-order valence-electron chi connectivity index (χ4n) is 3.86. The van der Waals surface area contributed by atoms with Gasteiger partial charge < -0.3 is 9.73 Å². The van der Waals surface area contributed by atoms with E-state index in [1.54, 1.807) is 0 Å². The number of hydrogen-bond acceptors (Lipinski definition) is 6. The topological polar surface area (TPSA) is 68.8 Å². The van der Waals surface area contributed by atoms with Crippen LogP contribution in [0.5, 0.6) is 0 Å². The summed E-state index contributed by atoms with van der Waals surface area (Å²) in [7, 11) is 0. The van der Waals surface area contributed by atoms with E-state index in [1.807, 2.05) is 17.5 Å². The average molecular weight is 355 g/mol. The van der Waals surface area contributed by atoms with Gasteiger partial charge in [0.1, 0.15) is 0 Å². The van der Waals surface area contributed by atoms with E-state index in [-0.39, 0.29) is 0 Å². The van der Waals surface area contributed by atoms with E-state index in [0.717, 1.165) is 24.3 Å². The summed E-state index contributed by atoms with van der Waals surface area (Å²) in [5, 5.41) is 16.4. The second kappa shape index (κ2) is 6.38. The minimum atomic E-state index is 0.306. The third-order valence-electron chi connectivity index (χ3n) is 5.14. The Kier molecular flexibility index (Phi) is 3.90. The number of aryl methyl sites for hydroxylation is 3. The van der Waals surface area contributed by atoms with Gasteiger partial charge in [-0.2, -0.15) is 5.10 Å². The summed E-state index contributed by atoms with van der Waals surface area (Å²) in [4.78, 5) is 2.61. The average Bonchev–Trinajstić information content (AvgIpc) is 3.37. The van der Waals surface area contributed by atoms with Crippen molar-refractivity contribution in [1.82, 2.24) is 25.3 Å². The molecule has 0 spiro atoms. The fraction of sp³-hybridized carbons (Fsp3) is 0.500. The van der Waals surface area contributed by atoms with E-state index in [2.05, 4.69) is 37.4 Å². The maximum atomic E-state index is 5.91. The number of thiophene rings is 1. The van der Waals surface area contributed by atoms with Crippen LogP contribution < -0.4 is 5.32 Å². The van der Waals surface area contributed by atoms with E-state index in [9.17, 15) is 0 Å². The number of rotatable bonds is 4. The molecule has 1 unspecified atom stereocenters. The molecule has 1 aliphatic carbocycles. The van der Waals surface area contributed by atoms with Gasteiger partial charge in [-0.05, 0) is 56.2 Å². The van der Waals surface area contributed by atoms with E-state index >= 15 is 0 Å². The van der Waals surface area contributed by atoms with E-state index in [1.165, 1.54) is 41.8 Å². The van der Waals surface area contributed by atoms with Crippen molar-refractivity contribution in [3.8, 4) is 10.8 Å². The van der Waals surface area contributed by atoms with Gasteiger partial charge in [0.2, 0.25) is 5.89 Å². The Morgan fingerprint density at radius 3 is 3.16 bits per heavy atom. The second-order valence-corrected chi connectivity index (χ2v) is 7.96. The van der Waals surface area contributed by atoms with Gasteiger partial charge in [0, 0.05) is 23.7 Å². The van der Waals surface area contributed by atoms with Crippen LogP contribution in [0.2, 0.25) is 0 Å². The highest BCUT2D eigenvalue weighted by Crippen LogP contribution is 2.35. The summed E-state index contributed by atoms with van der Waals surface area (Å²) in [5.41, 5.74) is 2.72. The van der Waals surface area contributed by atoms with Crippen molar-refractivity contribution in [3.63, 3.8) is 0 Å².